The quantitative estimate of drug-likeness (QED) is 0.434. The van der Waals surface area contributed by atoms with Crippen LogP contribution < -0.4 is 5.73 Å². The van der Waals surface area contributed by atoms with Crippen LogP contribution in [0.3, 0.4) is 0 Å². The summed E-state index contributed by atoms with van der Waals surface area (Å²) >= 11 is 4.19. The van der Waals surface area contributed by atoms with Gasteiger partial charge in [0.05, 0.1) is 0 Å². The third-order valence-electron chi connectivity index (χ3n) is 0.339. The molecule has 0 rings (SSSR count). The molecule has 0 saturated carbocycles. The van der Waals surface area contributed by atoms with E-state index >= 15 is 0 Å². The zero-order valence-electron chi connectivity index (χ0n) is 3.48. The number of nitrogens with two attached hydrogens (primary N) is 1. The van der Waals surface area contributed by atoms with E-state index in [-0.39, 0.29) is 0 Å². The zero-order chi connectivity index (χ0) is 4.83. The van der Waals surface area contributed by atoms with Crippen molar-refractivity contribution in [3.63, 3.8) is 0 Å². The third kappa shape index (κ3) is 5.04. The molecule has 0 heterocycles. The van der Waals surface area contributed by atoms with Crippen LogP contribution in [0.5, 0.6) is 0 Å². The Morgan fingerprint density at radius 2 is 2.33 bits per heavy atom. The number of halogens is 1. The van der Waals surface area contributed by atoms with Crippen molar-refractivity contribution >= 4 is 34.4 Å². The highest BCUT2D eigenvalue weighted by Gasteiger charge is 1.76. The summed E-state index contributed by atoms with van der Waals surface area (Å²) in [5.41, 5.74) is 5.19. The van der Waals surface area contributed by atoms with E-state index in [1.54, 1.807) is 0 Å². The first kappa shape index (κ1) is 7.04. The highest BCUT2D eigenvalue weighted by Crippen LogP contribution is 2.01. The van der Waals surface area contributed by atoms with Crippen LogP contribution >= 0.6 is 34.4 Å². The van der Waals surface area contributed by atoms with Gasteiger partial charge >= 0.3 is 0 Å². The largest absolute Gasteiger partial charge is 0.330 e. The Kier molecular flexibility index (Phi) is 7.09. The maximum absolute atomic E-state index is 5.19. The minimum absolute atomic E-state index is 0.813. The highest BCUT2D eigenvalue weighted by atomic mass is 127. The van der Waals surface area contributed by atoms with Crippen LogP contribution in [0.2, 0.25) is 0 Å². The van der Waals surface area contributed by atoms with Gasteiger partial charge in [0, 0.05) is 16.1 Å². The monoisotopic (exact) mass is 217 g/mol. The van der Waals surface area contributed by atoms with Crippen LogP contribution in [-0.4, -0.2) is 16.1 Å². The number of rotatable bonds is 3. The summed E-state index contributed by atoms with van der Waals surface area (Å²) in [6.45, 7) is 0.813. The van der Waals surface area contributed by atoms with Crippen molar-refractivity contribution in [2.45, 2.75) is 0 Å². The maximum atomic E-state index is 5.19. The van der Waals surface area contributed by atoms with Gasteiger partial charge in [-0.2, -0.15) is 0 Å². The minimum atomic E-state index is 0.813. The second kappa shape index (κ2) is 6.04. The van der Waals surface area contributed by atoms with Crippen molar-refractivity contribution < 1.29 is 0 Å². The average molecular weight is 217 g/mol. The molecule has 1 nitrogen and oxygen atoms in total. The average Bonchev–Trinajstić information content (AvgIpc) is 1.61. The van der Waals surface area contributed by atoms with Crippen LogP contribution in [0.1, 0.15) is 0 Å². The smallest absolute Gasteiger partial charge is 0.0454 e. The molecule has 0 aliphatic rings. The molecular weight excluding hydrogens is 209 g/mol. The van der Waals surface area contributed by atoms with E-state index in [1.165, 1.54) is 0 Å². The normalized spacial score (nSPS) is 9.00. The molecule has 0 aliphatic heterocycles. The lowest BCUT2D eigenvalue weighted by molar-refractivity contribution is 1.15. The Balaban J connectivity index is 2.34. The van der Waals surface area contributed by atoms with Gasteiger partial charge in [-0.1, -0.05) is 22.6 Å². The van der Waals surface area contributed by atoms with E-state index in [0.29, 0.717) is 0 Å². The second-order valence-corrected chi connectivity index (χ2v) is 3.71. The standard InChI is InChI=1S/C3H8INS/c4-3-6-2-1-5/h1-3,5H2. The summed E-state index contributed by atoms with van der Waals surface area (Å²) in [6, 6.07) is 0. The molecule has 0 aromatic carbocycles. The topological polar surface area (TPSA) is 26.0 Å². The number of hydrogen-bond acceptors (Lipinski definition) is 2. The molecule has 2 N–H and O–H groups in total. The Bertz CT molecular complexity index is 22.8. The summed E-state index contributed by atoms with van der Waals surface area (Å²) in [7, 11) is 0. The van der Waals surface area contributed by atoms with E-state index in [2.05, 4.69) is 22.6 Å². The SMILES string of the molecule is NCCSCI. The van der Waals surface area contributed by atoms with Gasteiger partial charge in [-0.05, 0) is 0 Å². The summed E-state index contributed by atoms with van der Waals surface area (Å²) in [5, 5.41) is 0. The molecular formula is C3H8INS. The molecule has 0 spiro atoms. The Hall–Kier alpha value is 1.04. The summed E-state index contributed by atoms with van der Waals surface area (Å²) in [5.74, 6) is 1.10. The number of thioether (sulfide) groups is 1. The predicted octanol–water partition coefficient (Wildman–Crippen LogP) is 1.07. The van der Waals surface area contributed by atoms with Crippen molar-refractivity contribution in [1.29, 1.82) is 0 Å². The van der Waals surface area contributed by atoms with Crippen LogP contribution in [0, 0.1) is 0 Å². The van der Waals surface area contributed by atoms with Gasteiger partial charge in [0.2, 0.25) is 0 Å². The fourth-order valence-corrected chi connectivity index (χ4v) is 1.35. The van der Waals surface area contributed by atoms with Crippen LogP contribution in [-0.2, 0) is 0 Å². The molecule has 0 saturated heterocycles. The van der Waals surface area contributed by atoms with Crippen LogP contribution in [0.25, 0.3) is 0 Å². The Morgan fingerprint density at radius 3 is 2.50 bits per heavy atom. The second-order valence-electron chi connectivity index (χ2n) is 0.806. The maximum Gasteiger partial charge on any atom is 0.0454 e. The molecule has 0 atom stereocenters. The van der Waals surface area contributed by atoms with Crippen LogP contribution in [0.4, 0.5) is 0 Å². The summed E-state index contributed by atoms with van der Waals surface area (Å²) in [6.07, 6.45) is 0. The first-order chi connectivity index (χ1) is 2.91. The van der Waals surface area contributed by atoms with Gasteiger partial charge in [-0.15, -0.1) is 11.8 Å². The van der Waals surface area contributed by atoms with Gasteiger partial charge < -0.3 is 5.73 Å². The first-order valence-corrected chi connectivity index (χ1v) is 4.43. The molecule has 6 heavy (non-hydrogen) atoms. The highest BCUT2D eigenvalue weighted by molar-refractivity contribution is 14.1. The molecule has 0 unspecified atom stereocenters. The summed E-state index contributed by atoms with van der Waals surface area (Å²) in [4.78, 5) is 0. The van der Waals surface area contributed by atoms with Crippen molar-refractivity contribution in [3.8, 4) is 0 Å². The molecule has 0 fully saturated rings. The molecule has 0 aromatic rings. The number of alkyl halides is 1. The lowest BCUT2D eigenvalue weighted by Gasteiger charge is -1.86. The molecule has 0 radical (unpaired) electrons. The molecule has 38 valence electrons. The fourth-order valence-electron chi connectivity index (χ4n) is 0.138. The predicted molar refractivity (Wildman–Crippen MR) is 40.4 cm³/mol. The zero-order valence-corrected chi connectivity index (χ0v) is 6.46. The molecule has 3 heteroatoms. The number of hydrogen-bond donors (Lipinski definition) is 1. The molecule has 0 amide bonds. The van der Waals surface area contributed by atoms with Gasteiger partial charge in [0.25, 0.3) is 0 Å². The van der Waals surface area contributed by atoms with Gasteiger partial charge in [0.15, 0.2) is 0 Å². The van der Waals surface area contributed by atoms with Crippen molar-refractivity contribution in [2.75, 3.05) is 16.1 Å². The molecule has 0 aliphatic carbocycles. The Labute approximate surface area is 56.2 Å². The Morgan fingerprint density at radius 1 is 1.67 bits per heavy atom. The first-order valence-electron chi connectivity index (χ1n) is 1.75. The molecule has 0 bridgehead atoms. The van der Waals surface area contributed by atoms with Gasteiger partial charge in [0.1, 0.15) is 0 Å². The van der Waals surface area contributed by atoms with E-state index in [4.69, 9.17) is 5.73 Å². The van der Waals surface area contributed by atoms with Gasteiger partial charge in [-0.25, -0.2) is 0 Å². The minimum Gasteiger partial charge on any atom is -0.330 e. The van der Waals surface area contributed by atoms with Gasteiger partial charge in [-0.3, -0.25) is 0 Å². The summed E-state index contributed by atoms with van der Waals surface area (Å²) < 4.78 is 1.16. The lowest BCUT2D eigenvalue weighted by atomic mass is 10.8. The third-order valence-corrected chi connectivity index (χ3v) is 2.34. The van der Waals surface area contributed by atoms with Crippen molar-refractivity contribution in [2.24, 2.45) is 5.73 Å². The van der Waals surface area contributed by atoms with Crippen molar-refractivity contribution in [3.05, 3.63) is 0 Å². The van der Waals surface area contributed by atoms with Crippen molar-refractivity contribution in [1.82, 2.24) is 0 Å². The van der Waals surface area contributed by atoms with E-state index in [1.807, 2.05) is 11.8 Å². The van der Waals surface area contributed by atoms with E-state index in [0.717, 1.165) is 16.1 Å². The van der Waals surface area contributed by atoms with E-state index in [9.17, 15) is 0 Å². The lowest BCUT2D eigenvalue weighted by Crippen LogP contribution is -2.00. The fraction of sp³-hybridized carbons (Fsp3) is 1.00. The van der Waals surface area contributed by atoms with Crippen LogP contribution in [0.15, 0.2) is 0 Å². The van der Waals surface area contributed by atoms with E-state index < -0.39 is 0 Å². The molecule has 0 aromatic heterocycles.